The van der Waals surface area contributed by atoms with Crippen molar-refractivity contribution in [1.82, 2.24) is 14.9 Å². The average Bonchev–Trinajstić information content (AvgIpc) is 3.09. The van der Waals surface area contributed by atoms with Gasteiger partial charge in [-0.2, -0.15) is 4.72 Å². The van der Waals surface area contributed by atoms with Crippen LogP contribution in [0.5, 0.6) is 0 Å². The van der Waals surface area contributed by atoms with Crippen LogP contribution in [0.2, 0.25) is 0 Å². The van der Waals surface area contributed by atoms with Crippen LogP contribution in [0.4, 0.5) is 0 Å². The Kier molecular flexibility index (Phi) is 5.42. The van der Waals surface area contributed by atoms with Crippen LogP contribution in [0.25, 0.3) is 0 Å². The summed E-state index contributed by atoms with van der Waals surface area (Å²) in [4.78, 5) is 0.177. The van der Waals surface area contributed by atoms with Gasteiger partial charge in [0.2, 0.25) is 25.8 Å². The van der Waals surface area contributed by atoms with Gasteiger partial charge in [0.15, 0.2) is 0 Å². The van der Waals surface area contributed by atoms with E-state index in [1.165, 1.54) is 5.56 Å². The molecule has 2 aromatic rings. The SMILES string of the molecule is CC(C)[C@H](NS(=O)(=O)c1ccc2c(c1)CCCC2)c1nnc(S(C)(=O)=O)o1. The molecular weight excluding hydrogens is 390 g/mol. The quantitative estimate of drug-likeness (QED) is 0.769. The Hall–Kier alpha value is -1.78. The number of nitrogens with one attached hydrogen (secondary N) is 1. The summed E-state index contributed by atoms with van der Waals surface area (Å²) in [6.45, 7) is 3.56. The molecule has 0 aliphatic heterocycles. The lowest BCUT2D eigenvalue weighted by molar-refractivity contribution is 0.327. The second kappa shape index (κ2) is 7.33. The van der Waals surface area contributed by atoms with Crippen molar-refractivity contribution in [1.29, 1.82) is 0 Å². The van der Waals surface area contributed by atoms with Gasteiger partial charge in [-0.1, -0.05) is 25.0 Å². The average molecular weight is 414 g/mol. The summed E-state index contributed by atoms with van der Waals surface area (Å²) in [5.74, 6) is -0.308. The largest absolute Gasteiger partial charge is 0.411 e. The summed E-state index contributed by atoms with van der Waals surface area (Å²) in [6, 6.07) is 4.33. The van der Waals surface area contributed by atoms with Gasteiger partial charge in [0.1, 0.15) is 6.04 Å². The number of fused-ring (bicyclic) bond motifs is 1. The highest BCUT2D eigenvalue weighted by Crippen LogP contribution is 2.27. The van der Waals surface area contributed by atoms with Gasteiger partial charge in [-0.25, -0.2) is 16.8 Å². The summed E-state index contributed by atoms with van der Waals surface area (Å²) >= 11 is 0. The number of sulfonamides is 1. The second-order valence-corrected chi connectivity index (χ2v) is 10.8. The zero-order valence-electron chi connectivity index (χ0n) is 15.5. The third kappa shape index (κ3) is 4.39. The van der Waals surface area contributed by atoms with E-state index in [1.54, 1.807) is 26.0 Å². The number of rotatable bonds is 6. The van der Waals surface area contributed by atoms with Crippen molar-refractivity contribution in [3.8, 4) is 0 Å². The van der Waals surface area contributed by atoms with Gasteiger partial charge in [-0.05, 0) is 54.9 Å². The van der Waals surface area contributed by atoms with E-state index in [4.69, 9.17) is 4.42 Å². The number of aromatic nitrogens is 2. The normalized spacial score (nSPS) is 16.3. The molecule has 27 heavy (non-hydrogen) atoms. The van der Waals surface area contributed by atoms with Gasteiger partial charge in [0.25, 0.3) is 0 Å². The fourth-order valence-corrected chi connectivity index (χ4v) is 4.89. The first-order chi connectivity index (χ1) is 12.6. The highest BCUT2D eigenvalue weighted by molar-refractivity contribution is 7.90. The van der Waals surface area contributed by atoms with Crippen molar-refractivity contribution in [2.75, 3.05) is 6.26 Å². The number of hydrogen-bond donors (Lipinski definition) is 1. The molecule has 1 aliphatic carbocycles. The van der Waals surface area contributed by atoms with Crippen molar-refractivity contribution in [3.63, 3.8) is 0 Å². The summed E-state index contributed by atoms with van der Waals surface area (Å²) in [7, 11) is -7.50. The first-order valence-electron chi connectivity index (χ1n) is 8.75. The van der Waals surface area contributed by atoms with Crippen LogP contribution in [0.1, 0.15) is 49.7 Å². The van der Waals surface area contributed by atoms with Crippen molar-refractivity contribution >= 4 is 19.9 Å². The molecule has 0 saturated carbocycles. The summed E-state index contributed by atoms with van der Waals surface area (Å²) in [5, 5.41) is 6.71. The van der Waals surface area contributed by atoms with Crippen LogP contribution < -0.4 is 4.72 Å². The minimum absolute atomic E-state index is 0.0769. The molecule has 1 heterocycles. The third-order valence-corrected chi connectivity index (χ3v) is 6.82. The summed E-state index contributed by atoms with van der Waals surface area (Å²) < 4.78 is 56.7. The molecule has 8 nitrogen and oxygen atoms in total. The summed E-state index contributed by atoms with van der Waals surface area (Å²) in [6.07, 6.45) is 4.95. The Balaban J connectivity index is 1.91. The van der Waals surface area contributed by atoms with Crippen molar-refractivity contribution in [2.24, 2.45) is 5.92 Å². The second-order valence-electron chi connectivity index (χ2n) is 7.16. The Bertz CT molecular complexity index is 1040. The van der Waals surface area contributed by atoms with E-state index >= 15 is 0 Å². The molecule has 1 atom stereocenters. The molecule has 0 spiro atoms. The van der Waals surface area contributed by atoms with E-state index in [0.29, 0.717) is 0 Å². The molecule has 1 N–H and O–H groups in total. The lowest BCUT2D eigenvalue weighted by atomic mass is 9.92. The topological polar surface area (TPSA) is 119 Å². The Morgan fingerprint density at radius 3 is 2.30 bits per heavy atom. The molecule has 0 saturated heterocycles. The summed E-state index contributed by atoms with van der Waals surface area (Å²) in [5.41, 5.74) is 2.25. The lowest BCUT2D eigenvalue weighted by Crippen LogP contribution is -2.32. The number of sulfone groups is 1. The predicted molar refractivity (Wildman–Crippen MR) is 98.4 cm³/mol. The zero-order valence-corrected chi connectivity index (χ0v) is 17.1. The molecule has 1 aromatic heterocycles. The highest BCUT2D eigenvalue weighted by Gasteiger charge is 2.30. The van der Waals surface area contributed by atoms with E-state index in [0.717, 1.165) is 37.5 Å². The van der Waals surface area contributed by atoms with Gasteiger partial charge in [-0.3, -0.25) is 0 Å². The zero-order chi connectivity index (χ0) is 19.8. The molecule has 1 aromatic carbocycles. The molecule has 3 rings (SSSR count). The van der Waals surface area contributed by atoms with Gasteiger partial charge in [0.05, 0.1) is 4.90 Å². The van der Waals surface area contributed by atoms with Gasteiger partial charge in [0, 0.05) is 6.26 Å². The number of benzene rings is 1. The van der Waals surface area contributed by atoms with Crippen LogP contribution in [0.15, 0.2) is 32.7 Å². The number of aryl methyl sites for hydroxylation is 2. The maximum absolute atomic E-state index is 12.9. The van der Waals surface area contributed by atoms with E-state index in [-0.39, 0.29) is 16.7 Å². The maximum atomic E-state index is 12.9. The van der Waals surface area contributed by atoms with Crippen molar-refractivity contribution < 1.29 is 21.3 Å². The van der Waals surface area contributed by atoms with Crippen LogP contribution in [0.3, 0.4) is 0 Å². The van der Waals surface area contributed by atoms with Crippen LogP contribution >= 0.6 is 0 Å². The van der Waals surface area contributed by atoms with Gasteiger partial charge in [-0.15, -0.1) is 5.10 Å². The predicted octanol–water partition coefficient (Wildman–Crippen LogP) is 2.03. The molecule has 1 aliphatic rings. The Morgan fingerprint density at radius 2 is 1.70 bits per heavy atom. The van der Waals surface area contributed by atoms with Crippen LogP contribution in [0, 0.1) is 5.92 Å². The fourth-order valence-electron chi connectivity index (χ4n) is 3.08. The van der Waals surface area contributed by atoms with Crippen LogP contribution in [-0.2, 0) is 32.7 Å². The Morgan fingerprint density at radius 1 is 1.04 bits per heavy atom. The number of hydrogen-bond acceptors (Lipinski definition) is 7. The van der Waals surface area contributed by atoms with Crippen LogP contribution in [-0.4, -0.2) is 33.3 Å². The third-order valence-electron chi connectivity index (χ3n) is 4.58. The van der Waals surface area contributed by atoms with Crippen molar-refractivity contribution in [2.45, 2.75) is 55.7 Å². The molecule has 0 unspecified atom stereocenters. The minimum Gasteiger partial charge on any atom is -0.411 e. The monoisotopic (exact) mass is 413 g/mol. The van der Waals surface area contributed by atoms with Gasteiger partial charge >= 0.3 is 5.22 Å². The van der Waals surface area contributed by atoms with Crippen molar-refractivity contribution in [3.05, 3.63) is 35.2 Å². The highest BCUT2D eigenvalue weighted by atomic mass is 32.2. The van der Waals surface area contributed by atoms with E-state index in [9.17, 15) is 16.8 Å². The van der Waals surface area contributed by atoms with E-state index in [2.05, 4.69) is 14.9 Å². The molecule has 0 bridgehead atoms. The molecule has 0 radical (unpaired) electrons. The molecule has 0 fully saturated rings. The molecule has 0 amide bonds. The van der Waals surface area contributed by atoms with E-state index in [1.807, 2.05) is 6.07 Å². The lowest BCUT2D eigenvalue weighted by Gasteiger charge is -2.20. The Labute approximate surface area is 159 Å². The molecule has 148 valence electrons. The first kappa shape index (κ1) is 20.0. The molecular formula is C17H23N3O5S2. The first-order valence-corrected chi connectivity index (χ1v) is 12.1. The molecule has 10 heteroatoms. The standard InChI is InChI=1S/C17H23N3O5S2/c1-11(2)15(16-18-19-17(25-16)26(3,21)22)20-27(23,24)14-9-8-12-6-4-5-7-13(12)10-14/h8-11,15,20H,4-7H2,1-3H3/t15-/m0/s1. The fraction of sp³-hybridized carbons (Fsp3) is 0.529. The van der Waals surface area contributed by atoms with E-state index < -0.39 is 31.1 Å². The number of nitrogens with zero attached hydrogens (tertiary/aromatic N) is 2. The van der Waals surface area contributed by atoms with Gasteiger partial charge < -0.3 is 4.42 Å². The minimum atomic E-state index is -3.84. The maximum Gasteiger partial charge on any atom is 0.335 e. The smallest absolute Gasteiger partial charge is 0.335 e.